The Bertz CT molecular complexity index is 1110. The SMILES string of the molecule is CC1CCC(N(CCCOc2ccccc2)C(=O)Nc2ncc(S(=O)(=O)C(C)(C)C(=O)O)s2)CC1. The van der Waals surface area contributed by atoms with Crippen LogP contribution in [0.3, 0.4) is 0 Å². The molecule has 192 valence electrons. The number of nitrogens with zero attached hydrogens (tertiary/aromatic N) is 2. The maximum atomic E-state index is 13.2. The van der Waals surface area contributed by atoms with E-state index in [1.54, 1.807) is 4.90 Å². The number of rotatable bonds is 10. The van der Waals surface area contributed by atoms with Crippen LogP contribution in [-0.4, -0.2) is 59.3 Å². The molecule has 2 aromatic rings. The van der Waals surface area contributed by atoms with Gasteiger partial charge in [-0.2, -0.15) is 0 Å². The number of hydrogen-bond acceptors (Lipinski definition) is 7. The number of sulfone groups is 1. The highest BCUT2D eigenvalue weighted by Gasteiger charge is 2.44. The van der Waals surface area contributed by atoms with Gasteiger partial charge in [-0.1, -0.05) is 36.5 Å². The van der Waals surface area contributed by atoms with E-state index in [9.17, 15) is 23.1 Å². The number of para-hydroxylation sites is 1. The lowest BCUT2D eigenvalue weighted by molar-refractivity contribution is -0.139. The lowest BCUT2D eigenvalue weighted by atomic mass is 9.86. The summed E-state index contributed by atoms with van der Waals surface area (Å²) in [6.45, 7) is 5.42. The molecule has 9 nitrogen and oxygen atoms in total. The molecule has 11 heteroatoms. The zero-order chi connectivity index (χ0) is 25.6. The maximum Gasteiger partial charge on any atom is 0.324 e. The second kappa shape index (κ2) is 11.4. The summed E-state index contributed by atoms with van der Waals surface area (Å²) in [5.74, 6) is -0.0513. The summed E-state index contributed by atoms with van der Waals surface area (Å²) < 4.78 is 29.1. The molecule has 1 aliphatic carbocycles. The lowest BCUT2D eigenvalue weighted by Crippen LogP contribution is -2.45. The Balaban J connectivity index is 1.67. The first-order chi connectivity index (χ1) is 16.5. The van der Waals surface area contributed by atoms with Gasteiger partial charge in [0.15, 0.2) is 9.88 Å². The van der Waals surface area contributed by atoms with Crippen molar-refractivity contribution in [2.75, 3.05) is 18.5 Å². The van der Waals surface area contributed by atoms with Crippen LogP contribution in [0.15, 0.2) is 40.7 Å². The Kier molecular flexibility index (Phi) is 8.76. The third-order valence-electron chi connectivity index (χ3n) is 6.39. The molecule has 3 rings (SSSR count). The number of hydrogen-bond donors (Lipinski definition) is 2. The van der Waals surface area contributed by atoms with Gasteiger partial charge in [-0.05, 0) is 64.0 Å². The quantitative estimate of drug-likeness (QED) is 0.434. The van der Waals surface area contributed by atoms with E-state index in [2.05, 4.69) is 17.2 Å². The number of anilines is 1. The summed E-state index contributed by atoms with van der Waals surface area (Å²) in [6, 6.07) is 9.22. The molecule has 35 heavy (non-hydrogen) atoms. The highest BCUT2D eigenvalue weighted by atomic mass is 32.2. The fraction of sp³-hybridized carbons (Fsp3) is 0.542. The van der Waals surface area contributed by atoms with Gasteiger partial charge in [0.25, 0.3) is 0 Å². The molecule has 1 fully saturated rings. The third-order valence-corrected chi connectivity index (χ3v) is 10.2. The average Bonchev–Trinajstić information content (AvgIpc) is 3.29. The number of thiazole rings is 1. The Morgan fingerprint density at radius 3 is 2.49 bits per heavy atom. The predicted octanol–water partition coefficient (Wildman–Crippen LogP) is 4.66. The number of ether oxygens (including phenoxy) is 1. The summed E-state index contributed by atoms with van der Waals surface area (Å²) >= 11 is 0.757. The summed E-state index contributed by atoms with van der Waals surface area (Å²) in [7, 11) is -4.17. The molecule has 0 saturated heterocycles. The Hall–Kier alpha value is -2.66. The van der Waals surface area contributed by atoms with Crippen LogP contribution < -0.4 is 10.1 Å². The number of aliphatic carboxylic acids is 1. The molecule has 0 radical (unpaired) electrons. The van der Waals surface area contributed by atoms with Crippen molar-refractivity contribution in [1.82, 2.24) is 9.88 Å². The minimum atomic E-state index is -4.17. The van der Waals surface area contributed by atoms with Gasteiger partial charge in [-0.15, -0.1) is 0 Å². The van der Waals surface area contributed by atoms with Gasteiger partial charge in [0, 0.05) is 12.6 Å². The van der Waals surface area contributed by atoms with Crippen molar-refractivity contribution in [3.05, 3.63) is 36.5 Å². The molecule has 0 spiro atoms. The van der Waals surface area contributed by atoms with Crippen LogP contribution in [0.4, 0.5) is 9.93 Å². The van der Waals surface area contributed by atoms with E-state index in [1.165, 1.54) is 0 Å². The Morgan fingerprint density at radius 1 is 1.20 bits per heavy atom. The number of urea groups is 1. The minimum absolute atomic E-state index is 0.0806. The number of carbonyl (C=O) groups is 2. The van der Waals surface area contributed by atoms with Crippen LogP contribution in [0.2, 0.25) is 0 Å². The fourth-order valence-corrected chi connectivity index (χ4v) is 6.68. The number of carboxylic acids is 1. The normalized spacial score (nSPS) is 18.6. The average molecular weight is 524 g/mol. The molecule has 0 bridgehead atoms. The summed E-state index contributed by atoms with van der Waals surface area (Å²) in [5.41, 5.74) is 0. The van der Waals surface area contributed by atoms with E-state index in [0.29, 0.717) is 25.5 Å². The summed E-state index contributed by atoms with van der Waals surface area (Å²) in [6.07, 6.45) is 5.62. The molecule has 1 aromatic carbocycles. The zero-order valence-electron chi connectivity index (χ0n) is 20.3. The number of carboxylic acid groups (broad SMARTS) is 1. The molecule has 1 aliphatic rings. The first-order valence-corrected chi connectivity index (χ1v) is 14.0. The van der Waals surface area contributed by atoms with Crippen LogP contribution in [0, 0.1) is 5.92 Å². The van der Waals surface area contributed by atoms with Crippen LogP contribution in [0.5, 0.6) is 5.75 Å². The second-order valence-corrected chi connectivity index (χ2v) is 13.1. The topological polar surface area (TPSA) is 126 Å². The Labute approximate surface area is 210 Å². The minimum Gasteiger partial charge on any atom is -0.494 e. The molecular weight excluding hydrogens is 490 g/mol. The first kappa shape index (κ1) is 26.9. The molecule has 1 heterocycles. The smallest absolute Gasteiger partial charge is 0.324 e. The van der Waals surface area contributed by atoms with E-state index in [0.717, 1.165) is 62.8 Å². The molecule has 2 amide bonds. The standard InChI is InChI=1S/C24H33N3O6S2/c1-17-10-12-18(13-11-17)27(14-7-15-33-19-8-5-4-6-9-19)23(30)26-22-25-16-20(34-22)35(31,32)24(2,3)21(28)29/h4-6,8-9,16-18H,7,10-15H2,1-3H3,(H,28,29)(H,25,26,30). The number of amides is 2. The molecule has 0 aliphatic heterocycles. The van der Waals surface area contributed by atoms with E-state index in [1.807, 2.05) is 30.3 Å². The van der Waals surface area contributed by atoms with Crippen molar-refractivity contribution in [3.63, 3.8) is 0 Å². The van der Waals surface area contributed by atoms with E-state index in [-0.39, 0.29) is 21.4 Å². The van der Waals surface area contributed by atoms with Crippen molar-refractivity contribution < 1.29 is 27.9 Å². The number of benzene rings is 1. The van der Waals surface area contributed by atoms with Crippen molar-refractivity contribution >= 4 is 38.3 Å². The highest BCUT2D eigenvalue weighted by Crippen LogP contribution is 2.32. The Morgan fingerprint density at radius 2 is 1.86 bits per heavy atom. The number of aromatic nitrogens is 1. The van der Waals surface area contributed by atoms with Crippen molar-refractivity contribution in [3.8, 4) is 5.75 Å². The van der Waals surface area contributed by atoms with E-state index in [4.69, 9.17) is 4.74 Å². The van der Waals surface area contributed by atoms with E-state index >= 15 is 0 Å². The van der Waals surface area contributed by atoms with Gasteiger partial charge < -0.3 is 14.7 Å². The number of carbonyl (C=O) groups excluding carboxylic acids is 1. The third kappa shape index (κ3) is 6.52. The van der Waals surface area contributed by atoms with Crippen LogP contribution >= 0.6 is 11.3 Å². The second-order valence-electron chi connectivity index (χ2n) is 9.36. The molecular formula is C24H33N3O6S2. The van der Waals surface area contributed by atoms with Gasteiger partial charge in [0.1, 0.15) is 9.96 Å². The van der Waals surface area contributed by atoms with Gasteiger partial charge in [-0.25, -0.2) is 18.2 Å². The maximum absolute atomic E-state index is 13.2. The molecule has 1 aromatic heterocycles. The molecule has 0 unspecified atom stereocenters. The molecule has 2 N–H and O–H groups in total. The summed E-state index contributed by atoms with van der Waals surface area (Å²) in [5, 5.41) is 12.2. The van der Waals surface area contributed by atoms with Crippen molar-refractivity contribution in [2.45, 2.75) is 67.9 Å². The monoisotopic (exact) mass is 523 g/mol. The fourth-order valence-electron chi connectivity index (χ4n) is 3.92. The van der Waals surface area contributed by atoms with Gasteiger partial charge >= 0.3 is 12.0 Å². The van der Waals surface area contributed by atoms with Gasteiger partial charge in [0.05, 0.1) is 12.8 Å². The van der Waals surface area contributed by atoms with Crippen LogP contribution in [0.25, 0.3) is 0 Å². The predicted molar refractivity (Wildman–Crippen MR) is 135 cm³/mol. The summed E-state index contributed by atoms with van der Waals surface area (Å²) in [4.78, 5) is 30.5. The van der Waals surface area contributed by atoms with Gasteiger partial charge in [0.2, 0.25) is 9.84 Å². The van der Waals surface area contributed by atoms with E-state index < -0.39 is 20.6 Å². The van der Waals surface area contributed by atoms with Crippen LogP contribution in [-0.2, 0) is 14.6 Å². The number of nitrogens with one attached hydrogen (secondary N) is 1. The van der Waals surface area contributed by atoms with Crippen LogP contribution in [0.1, 0.15) is 52.9 Å². The van der Waals surface area contributed by atoms with Gasteiger partial charge in [-0.3, -0.25) is 10.1 Å². The largest absolute Gasteiger partial charge is 0.494 e. The molecule has 0 atom stereocenters. The highest BCUT2D eigenvalue weighted by molar-refractivity contribution is 7.95. The first-order valence-electron chi connectivity index (χ1n) is 11.7. The zero-order valence-corrected chi connectivity index (χ0v) is 21.9. The lowest BCUT2D eigenvalue weighted by Gasteiger charge is -2.36. The van der Waals surface area contributed by atoms with Crippen molar-refractivity contribution in [2.24, 2.45) is 5.92 Å². The molecule has 1 saturated carbocycles. The van der Waals surface area contributed by atoms with Crippen molar-refractivity contribution in [1.29, 1.82) is 0 Å².